The van der Waals surface area contributed by atoms with Gasteiger partial charge in [-0.15, -0.1) is 0 Å². The van der Waals surface area contributed by atoms with Crippen LogP contribution in [0.15, 0.2) is 76.3 Å². The minimum absolute atomic E-state index is 0.264. The maximum Gasteiger partial charge on any atom is 0.271 e. The van der Waals surface area contributed by atoms with E-state index in [1.807, 2.05) is 55.5 Å². The molecule has 3 aromatic rings. The van der Waals surface area contributed by atoms with Crippen molar-refractivity contribution < 1.29 is 9.53 Å². The van der Waals surface area contributed by atoms with Crippen LogP contribution in [0.2, 0.25) is 0 Å². The summed E-state index contributed by atoms with van der Waals surface area (Å²) in [4.78, 5) is 12.1. The van der Waals surface area contributed by atoms with Crippen LogP contribution >= 0.6 is 15.9 Å². The van der Waals surface area contributed by atoms with E-state index in [4.69, 9.17) is 10.00 Å². The number of hydrogen-bond donors (Lipinski definition) is 1. The maximum absolute atomic E-state index is 12.1. The molecule has 29 heavy (non-hydrogen) atoms. The topological polar surface area (TPSA) is 74.5 Å². The number of aryl methyl sites for hydroxylation is 1. The van der Waals surface area contributed by atoms with Crippen molar-refractivity contribution in [3.05, 3.63) is 99.0 Å². The van der Waals surface area contributed by atoms with E-state index in [2.05, 4.69) is 32.5 Å². The third-order valence-corrected chi connectivity index (χ3v) is 4.76. The standard InChI is InChI=1S/C23H18BrN3O2/c1-16-5-4-8-18(11-16)23(28)27-26-14-17-9-10-22(21(24)12-17)29-15-20-7-3-2-6-19(20)13-25/h2-12,14H,15H2,1H3,(H,27,28)/b26-14-. The highest BCUT2D eigenvalue weighted by Crippen LogP contribution is 2.26. The lowest BCUT2D eigenvalue weighted by atomic mass is 10.1. The highest BCUT2D eigenvalue weighted by Gasteiger charge is 2.06. The van der Waals surface area contributed by atoms with Crippen molar-refractivity contribution in [3.63, 3.8) is 0 Å². The first kappa shape index (κ1) is 20.3. The highest BCUT2D eigenvalue weighted by molar-refractivity contribution is 9.10. The molecule has 6 heteroatoms. The zero-order chi connectivity index (χ0) is 20.6. The van der Waals surface area contributed by atoms with Crippen molar-refractivity contribution in [2.45, 2.75) is 13.5 Å². The first-order valence-corrected chi connectivity index (χ1v) is 9.66. The van der Waals surface area contributed by atoms with E-state index in [0.717, 1.165) is 21.2 Å². The number of hydrazone groups is 1. The molecule has 0 saturated heterocycles. The molecule has 0 spiro atoms. The van der Waals surface area contributed by atoms with Crippen LogP contribution in [0.3, 0.4) is 0 Å². The molecule has 0 aliphatic rings. The summed E-state index contributed by atoms with van der Waals surface area (Å²) in [6.45, 7) is 2.22. The second kappa shape index (κ2) is 9.67. The van der Waals surface area contributed by atoms with E-state index in [1.54, 1.807) is 24.4 Å². The normalized spacial score (nSPS) is 10.5. The van der Waals surface area contributed by atoms with E-state index in [0.29, 0.717) is 23.5 Å². The molecule has 0 heterocycles. The van der Waals surface area contributed by atoms with E-state index >= 15 is 0 Å². The minimum Gasteiger partial charge on any atom is -0.488 e. The van der Waals surface area contributed by atoms with Crippen LogP contribution in [-0.2, 0) is 6.61 Å². The van der Waals surface area contributed by atoms with Crippen molar-refractivity contribution >= 4 is 28.1 Å². The van der Waals surface area contributed by atoms with E-state index < -0.39 is 0 Å². The monoisotopic (exact) mass is 447 g/mol. The van der Waals surface area contributed by atoms with Gasteiger partial charge in [-0.2, -0.15) is 10.4 Å². The first-order valence-electron chi connectivity index (χ1n) is 8.87. The Balaban J connectivity index is 1.61. The molecule has 0 bridgehead atoms. The fourth-order valence-corrected chi connectivity index (χ4v) is 3.15. The molecule has 0 aromatic heterocycles. The Morgan fingerprint density at radius 1 is 1.17 bits per heavy atom. The summed E-state index contributed by atoms with van der Waals surface area (Å²) in [5.74, 6) is 0.388. The predicted molar refractivity (Wildman–Crippen MR) is 116 cm³/mol. The Labute approximate surface area is 177 Å². The van der Waals surface area contributed by atoms with Gasteiger partial charge in [0.15, 0.2) is 0 Å². The number of nitriles is 1. The zero-order valence-corrected chi connectivity index (χ0v) is 17.3. The molecular formula is C23H18BrN3O2. The summed E-state index contributed by atoms with van der Waals surface area (Å²) in [7, 11) is 0. The lowest BCUT2D eigenvalue weighted by Crippen LogP contribution is -2.17. The number of rotatable bonds is 6. The fourth-order valence-electron chi connectivity index (χ4n) is 2.64. The van der Waals surface area contributed by atoms with Gasteiger partial charge in [0.1, 0.15) is 12.4 Å². The van der Waals surface area contributed by atoms with Gasteiger partial charge in [0.25, 0.3) is 5.91 Å². The molecule has 3 rings (SSSR count). The number of amides is 1. The first-order chi connectivity index (χ1) is 14.1. The van der Waals surface area contributed by atoms with Gasteiger partial charge in [0.05, 0.1) is 22.3 Å². The van der Waals surface area contributed by atoms with Crippen LogP contribution in [0, 0.1) is 18.3 Å². The van der Waals surface area contributed by atoms with Crippen molar-refractivity contribution in [2.24, 2.45) is 5.10 Å². The highest BCUT2D eigenvalue weighted by atomic mass is 79.9. The number of nitrogens with one attached hydrogen (secondary N) is 1. The smallest absolute Gasteiger partial charge is 0.271 e. The number of ether oxygens (including phenoxy) is 1. The average Bonchev–Trinajstić information content (AvgIpc) is 2.73. The predicted octanol–water partition coefficient (Wildman–Crippen LogP) is 4.97. The van der Waals surface area contributed by atoms with Gasteiger partial charge in [-0.1, -0.05) is 35.9 Å². The second-order valence-corrected chi connectivity index (χ2v) is 7.17. The number of hydrogen-bond acceptors (Lipinski definition) is 4. The van der Waals surface area contributed by atoms with E-state index in [-0.39, 0.29) is 5.91 Å². The third kappa shape index (κ3) is 5.53. The molecule has 0 aliphatic heterocycles. The second-order valence-electron chi connectivity index (χ2n) is 6.32. The Morgan fingerprint density at radius 3 is 2.76 bits per heavy atom. The van der Waals surface area contributed by atoms with Crippen molar-refractivity contribution in [1.82, 2.24) is 5.43 Å². The molecule has 0 radical (unpaired) electrons. The number of carbonyl (C=O) groups is 1. The summed E-state index contributed by atoms with van der Waals surface area (Å²) in [6, 6.07) is 22.3. The van der Waals surface area contributed by atoms with E-state index in [9.17, 15) is 4.79 Å². The summed E-state index contributed by atoms with van der Waals surface area (Å²) < 4.78 is 6.57. The molecule has 3 aromatic carbocycles. The fraction of sp³-hybridized carbons (Fsp3) is 0.0870. The molecule has 1 N–H and O–H groups in total. The molecule has 0 aliphatic carbocycles. The van der Waals surface area contributed by atoms with Gasteiger partial charge < -0.3 is 4.74 Å². The SMILES string of the molecule is Cc1cccc(C(=O)N/N=C\c2ccc(OCc3ccccc3C#N)c(Br)c2)c1. The lowest BCUT2D eigenvalue weighted by molar-refractivity contribution is 0.0955. The number of nitrogens with zero attached hydrogens (tertiary/aromatic N) is 2. The van der Waals surface area contributed by atoms with Gasteiger partial charge in [-0.3, -0.25) is 4.79 Å². The number of halogens is 1. The van der Waals surface area contributed by atoms with Crippen LogP contribution in [0.4, 0.5) is 0 Å². The Hall–Kier alpha value is -3.43. The van der Waals surface area contributed by atoms with Crippen molar-refractivity contribution in [1.29, 1.82) is 5.26 Å². The largest absolute Gasteiger partial charge is 0.488 e. The van der Waals surface area contributed by atoms with Crippen LogP contribution < -0.4 is 10.2 Å². The zero-order valence-electron chi connectivity index (χ0n) is 15.7. The molecule has 0 atom stereocenters. The Morgan fingerprint density at radius 2 is 2.00 bits per heavy atom. The summed E-state index contributed by atoms with van der Waals surface area (Å²) in [5, 5.41) is 13.2. The molecule has 5 nitrogen and oxygen atoms in total. The Kier molecular flexibility index (Phi) is 6.77. The van der Waals surface area contributed by atoms with Crippen molar-refractivity contribution in [3.8, 4) is 11.8 Å². The van der Waals surface area contributed by atoms with Crippen molar-refractivity contribution in [2.75, 3.05) is 0 Å². The maximum atomic E-state index is 12.1. The molecule has 1 amide bonds. The van der Waals surface area contributed by atoms with Crippen LogP contribution in [-0.4, -0.2) is 12.1 Å². The van der Waals surface area contributed by atoms with Gasteiger partial charge in [0.2, 0.25) is 0 Å². The molecule has 0 saturated carbocycles. The van der Waals surface area contributed by atoms with Crippen LogP contribution in [0.25, 0.3) is 0 Å². The van der Waals surface area contributed by atoms with Gasteiger partial charge >= 0.3 is 0 Å². The molecule has 0 fully saturated rings. The Bertz CT molecular complexity index is 1100. The summed E-state index contributed by atoms with van der Waals surface area (Å²) in [5.41, 5.74) is 6.31. The summed E-state index contributed by atoms with van der Waals surface area (Å²) in [6.07, 6.45) is 1.56. The average molecular weight is 448 g/mol. The van der Waals surface area contributed by atoms with Crippen LogP contribution in [0.5, 0.6) is 5.75 Å². The van der Waals surface area contributed by atoms with Gasteiger partial charge in [-0.05, 0) is 64.8 Å². The third-order valence-electron chi connectivity index (χ3n) is 4.14. The minimum atomic E-state index is -0.264. The van der Waals surface area contributed by atoms with Gasteiger partial charge in [-0.25, -0.2) is 5.43 Å². The molecular weight excluding hydrogens is 430 g/mol. The number of benzene rings is 3. The lowest BCUT2D eigenvalue weighted by Gasteiger charge is -2.10. The van der Waals surface area contributed by atoms with Crippen LogP contribution in [0.1, 0.15) is 32.6 Å². The molecule has 144 valence electrons. The number of carbonyl (C=O) groups excluding carboxylic acids is 1. The quantitative estimate of drug-likeness (QED) is 0.427. The summed E-state index contributed by atoms with van der Waals surface area (Å²) >= 11 is 3.48. The molecule has 0 unspecified atom stereocenters. The van der Waals surface area contributed by atoms with Gasteiger partial charge in [0, 0.05) is 11.1 Å². The van der Waals surface area contributed by atoms with E-state index in [1.165, 1.54) is 0 Å².